The van der Waals surface area contributed by atoms with E-state index in [9.17, 15) is 4.79 Å². The minimum absolute atomic E-state index is 0.0873. The molecule has 1 unspecified atom stereocenters. The predicted octanol–water partition coefficient (Wildman–Crippen LogP) is 2.79. The topological polar surface area (TPSA) is 68.2 Å². The summed E-state index contributed by atoms with van der Waals surface area (Å²) in [6, 6.07) is 7.59. The number of amides is 2. The van der Waals surface area contributed by atoms with Crippen LogP contribution >= 0.6 is 0 Å². The molecule has 0 spiro atoms. The summed E-state index contributed by atoms with van der Waals surface area (Å²) in [5.41, 5.74) is 2.06. The molecule has 1 aromatic carbocycles. The maximum atomic E-state index is 12.0. The Hall–Kier alpha value is -2.50. The molecule has 2 aromatic rings. The van der Waals surface area contributed by atoms with Gasteiger partial charge < -0.3 is 19.9 Å². The van der Waals surface area contributed by atoms with Crippen molar-refractivity contribution in [1.29, 1.82) is 0 Å². The van der Waals surface area contributed by atoms with Gasteiger partial charge in [0.15, 0.2) is 0 Å². The monoisotopic (exact) mass is 342 g/mol. The highest BCUT2D eigenvalue weighted by Gasteiger charge is 2.13. The van der Waals surface area contributed by atoms with Crippen molar-refractivity contribution in [2.75, 3.05) is 6.61 Å². The lowest BCUT2D eigenvalue weighted by Crippen LogP contribution is -2.43. The Morgan fingerprint density at radius 2 is 2.28 bits per heavy atom. The van der Waals surface area contributed by atoms with E-state index in [0.717, 1.165) is 35.8 Å². The lowest BCUT2D eigenvalue weighted by Gasteiger charge is -2.15. The Balaban J connectivity index is 1.40. The first-order chi connectivity index (χ1) is 12.1. The molecule has 0 saturated carbocycles. The molecule has 0 fully saturated rings. The third kappa shape index (κ3) is 4.98. The van der Waals surface area contributed by atoms with Gasteiger partial charge in [0.1, 0.15) is 18.2 Å². The fourth-order valence-electron chi connectivity index (χ4n) is 2.97. The average molecular weight is 342 g/mol. The van der Waals surface area contributed by atoms with Gasteiger partial charge in [-0.05, 0) is 44.4 Å². The van der Waals surface area contributed by atoms with Crippen LogP contribution in [0.25, 0.3) is 0 Å². The summed E-state index contributed by atoms with van der Waals surface area (Å²) in [5.74, 6) is 1.95. The zero-order valence-electron chi connectivity index (χ0n) is 14.9. The number of aryl methyl sites for hydroxylation is 3. The van der Waals surface area contributed by atoms with Crippen molar-refractivity contribution >= 4 is 6.03 Å². The number of hydrogen-bond acceptors (Lipinski definition) is 3. The summed E-state index contributed by atoms with van der Waals surface area (Å²) < 4.78 is 7.90. The quantitative estimate of drug-likeness (QED) is 0.848. The van der Waals surface area contributed by atoms with Gasteiger partial charge in [-0.2, -0.15) is 0 Å². The van der Waals surface area contributed by atoms with Gasteiger partial charge in [0.05, 0.1) is 18.3 Å². The SMILES string of the molecule is Cc1cccc(OCC(C)NC(=O)NCc2cn3c(n2)CCCC3)c1. The number of benzene rings is 1. The molecule has 2 heterocycles. The van der Waals surface area contributed by atoms with Gasteiger partial charge in [-0.1, -0.05) is 12.1 Å². The second-order valence-electron chi connectivity index (χ2n) is 6.65. The van der Waals surface area contributed by atoms with Gasteiger partial charge in [-0.3, -0.25) is 0 Å². The number of aromatic nitrogens is 2. The number of urea groups is 1. The van der Waals surface area contributed by atoms with Gasteiger partial charge in [-0.25, -0.2) is 9.78 Å². The maximum Gasteiger partial charge on any atom is 0.315 e. The summed E-state index contributed by atoms with van der Waals surface area (Å²) in [6.45, 7) is 5.84. The summed E-state index contributed by atoms with van der Waals surface area (Å²) in [7, 11) is 0. The summed E-state index contributed by atoms with van der Waals surface area (Å²) in [4.78, 5) is 16.6. The van der Waals surface area contributed by atoms with Crippen LogP contribution in [0.3, 0.4) is 0 Å². The highest BCUT2D eigenvalue weighted by Crippen LogP contribution is 2.14. The van der Waals surface area contributed by atoms with Gasteiger partial charge in [-0.15, -0.1) is 0 Å². The number of imidazole rings is 1. The van der Waals surface area contributed by atoms with E-state index in [4.69, 9.17) is 4.74 Å². The largest absolute Gasteiger partial charge is 0.491 e. The lowest BCUT2D eigenvalue weighted by molar-refractivity contribution is 0.226. The number of nitrogens with one attached hydrogen (secondary N) is 2. The number of carbonyl (C=O) groups is 1. The summed E-state index contributed by atoms with van der Waals surface area (Å²) in [6.07, 6.45) is 5.47. The van der Waals surface area contributed by atoms with Crippen LogP contribution in [-0.2, 0) is 19.5 Å². The first-order valence-corrected chi connectivity index (χ1v) is 8.89. The molecule has 2 N–H and O–H groups in total. The van der Waals surface area contributed by atoms with E-state index < -0.39 is 0 Å². The molecule has 134 valence electrons. The van der Waals surface area contributed by atoms with Crippen molar-refractivity contribution in [3.8, 4) is 5.75 Å². The van der Waals surface area contributed by atoms with E-state index in [1.807, 2.05) is 44.3 Å². The lowest BCUT2D eigenvalue weighted by atomic mass is 10.2. The standard InChI is InChI=1S/C19H26N4O2/c1-14-6-5-7-17(10-14)25-13-15(2)21-19(24)20-11-16-12-23-9-4-3-8-18(23)22-16/h5-7,10,12,15H,3-4,8-9,11,13H2,1-2H3,(H2,20,21,24). The van der Waals surface area contributed by atoms with Crippen LogP contribution < -0.4 is 15.4 Å². The molecule has 1 atom stereocenters. The van der Waals surface area contributed by atoms with Crippen LogP contribution in [0, 0.1) is 6.92 Å². The number of fused-ring (bicyclic) bond motifs is 1. The molecule has 0 saturated heterocycles. The van der Waals surface area contributed by atoms with E-state index in [2.05, 4.69) is 20.2 Å². The maximum absolute atomic E-state index is 12.0. The number of ether oxygens (including phenoxy) is 1. The van der Waals surface area contributed by atoms with E-state index in [1.165, 1.54) is 12.8 Å². The molecular formula is C19H26N4O2. The Bertz CT molecular complexity index is 702. The van der Waals surface area contributed by atoms with Crippen molar-refractivity contribution in [2.45, 2.75) is 52.2 Å². The second-order valence-corrected chi connectivity index (χ2v) is 6.65. The molecule has 25 heavy (non-hydrogen) atoms. The van der Waals surface area contributed by atoms with Crippen LogP contribution in [0.15, 0.2) is 30.5 Å². The molecule has 0 bridgehead atoms. The van der Waals surface area contributed by atoms with Gasteiger partial charge in [0.25, 0.3) is 0 Å². The summed E-state index contributed by atoms with van der Waals surface area (Å²) in [5, 5.41) is 5.75. The van der Waals surface area contributed by atoms with Crippen molar-refractivity contribution in [1.82, 2.24) is 20.2 Å². The Kier molecular flexibility index (Phi) is 5.58. The Morgan fingerprint density at radius 3 is 3.08 bits per heavy atom. The minimum atomic E-state index is -0.202. The van der Waals surface area contributed by atoms with Crippen LogP contribution in [0.1, 0.15) is 36.8 Å². The first kappa shape index (κ1) is 17.3. The van der Waals surface area contributed by atoms with Crippen LogP contribution in [0.4, 0.5) is 4.79 Å². The molecule has 0 aliphatic carbocycles. The summed E-state index contributed by atoms with van der Waals surface area (Å²) >= 11 is 0. The third-order valence-electron chi connectivity index (χ3n) is 4.26. The average Bonchev–Trinajstić information content (AvgIpc) is 3.01. The molecule has 6 heteroatoms. The minimum Gasteiger partial charge on any atom is -0.491 e. The molecule has 1 aliphatic heterocycles. The third-order valence-corrected chi connectivity index (χ3v) is 4.26. The van der Waals surface area contributed by atoms with Crippen LogP contribution in [0.2, 0.25) is 0 Å². The first-order valence-electron chi connectivity index (χ1n) is 8.89. The number of nitrogens with zero attached hydrogens (tertiary/aromatic N) is 2. The van der Waals surface area contributed by atoms with Crippen molar-refractivity contribution < 1.29 is 9.53 Å². The molecule has 3 rings (SSSR count). The molecular weight excluding hydrogens is 316 g/mol. The highest BCUT2D eigenvalue weighted by atomic mass is 16.5. The normalized spacial score (nSPS) is 14.5. The van der Waals surface area contributed by atoms with Crippen molar-refractivity contribution in [3.63, 3.8) is 0 Å². The predicted molar refractivity (Wildman–Crippen MR) is 96.7 cm³/mol. The van der Waals surface area contributed by atoms with Crippen molar-refractivity contribution in [2.24, 2.45) is 0 Å². The van der Waals surface area contributed by atoms with Crippen LogP contribution in [-0.4, -0.2) is 28.2 Å². The van der Waals surface area contributed by atoms with E-state index in [1.54, 1.807) is 0 Å². The highest BCUT2D eigenvalue weighted by molar-refractivity contribution is 5.74. The molecule has 1 aromatic heterocycles. The van der Waals surface area contributed by atoms with Crippen LogP contribution in [0.5, 0.6) is 5.75 Å². The van der Waals surface area contributed by atoms with E-state index in [-0.39, 0.29) is 12.1 Å². The molecule has 6 nitrogen and oxygen atoms in total. The molecule has 1 aliphatic rings. The zero-order chi connectivity index (χ0) is 17.6. The Morgan fingerprint density at radius 1 is 1.40 bits per heavy atom. The zero-order valence-corrected chi connectivity index (χ0v) is 14.9. The smallest absolute Gasteiger partial charge is 0.315 e. The fourth-order valence-corrected chi connectivity index (χ4v) is 2.97. The fraction of sp³-hybridized carbons (Fsp3) is 0.474. The van der Waals surface area contributed by atoms with E-state index >= 15 is 0 Å². The number of hydrogen-bond donors (Lipinski definition) is 2. The van der Waals surface area contributed by atoms with Gasteiger partial charge >= 0.3 is 6.03 Å². The Labute approximate surface area is 148 Å². The van der Waals surface area contributed by atoms with E-state index in [0.29, 0.717) is 13.2 Å². The van der Waals surface area contributed by atoms with Gasteiger partial charge in [0.2, 0.25) is 0 Å². The van der Waals surface area contributed by atoms with Gasteiger partial charge in [0, 0.05) is 19.2 Å². The number of rotatable bonds is 6. The molecule has 0 radical (unpaired) electrons. The second kappa shape index (κ2) is 8.05. The molecule has 2 amide bonds. The van der Waals surface area contributed by atoms with Crippen molar-refractivity contribution in [3.05, 3.63) is 47.5 Å². The number of carbonyl (C=O) groups excluding carboxylic acids is 1.